The molecule has 0 aliphatic heterocycles. The second kappa shape index (κ2) is 10.1. The first kappa shape index (κ1) is 18.3. The molecular formula is C16H24ClNO2S. The van der Waals surface area contributed by atoms with E-state index >= 15 is 0 Å². The molecule has 0 saturated heterocycles. The lowest BCUT2D eigenvalue weighted by Crippen LogP contribution is -2.32. The van der Waals surface area contributed by atoms with Crippen LogP contribution >= 0.6 is 23.4 Å². The zero-order valence-electron chi connectivity index (χ0n) is 12.6. The van der Waals surface area contributed by atoms with Crippen molar-refractivity contribution in [1.82, 2.24) is 5.32 Å². The molecule has 1 amide bonds. The van der Waals surface area contributed by atoms with Crippen molar-refractivity contribution in [3.8, 4) is 0 Å². The SMILES string of the molecule is CC(C)CC(O)CNC(=O)CCCSc1ccc(Cl)cc1. The van der Waals surface area contributed by atoms with Crippen molar-refractivity contribution >= 4 is 29.3 Å². The molecule has 0 radical (unpaired) electrons. The van der Waals surface area contributed by atoms with E-state index in [1.165, 1.54) is 0 Å². The smallest absolute Gasteiger partial charge is 0.220 e. The highest BCUT2D eigenvalue weighted by atomic mass is 35.5. The predicted molar refractivity (Wildman–Crippen MR) is 89.9 cm³/mol. The molecule has 0 spiro atoms. The highest BCUT2D eigenvalue weighted by Gasteiger charge is 2.08. The Morgan fingerprint density at radius 3 is 2.62 bits per heavy atom. The van der Waals surface area contributed by atoms with Crippen LogP contribution < -0.4 is 5.32 Å². The molecule has 0 heterocycles. The number of aliphatic hydroxyl groups is 1. The zero-order valence-corrected chi connectivity index (χ0v) is 14.2. The van der Waals surface area contributed by atoms with Crippen LogP contribution in [0.1, 0.15) is 33.1 Å². The largest absolute Gasteiger partial charge is 0.391 e. The molecule has 1 atom stereocenters. The molecule has 0 saturated carbocycles. The van der Waals surface area contributed by atoms with Crippen molar-refractivity contribution in [2.45, 2.75) is 44.1 Å². The van der Waals surface area contributed by atoms with Gasteiger partial charge in [0.15, 0.2) is 0 Å². The number of hydrogen-bond donors (Lipinski definition) is 2. The van der Waals surface area contributed by atoms with Gasteiger partial charge in [-0.05, 0) is 48.8 Å². The topological polar surface area (TPSA) is 49.3 Å². The Morgan fingerprint density at radius 1 is 1.33 bits per heavy atom. The summed E-state index contributed by atoms with van der Waals surface area (Å²) in [5.74, 6) is 1.34. The molecule has 0 aliphatic carbocycles. The number of thioether (sulfide) groups is 1. The Labute approximate surface area is 136 Å². The molecule has 1 aromatic carbocycles. The van der Waals surface area contributed by atoms with E-state index in [4.69, 9.17) is 11.6 Å². The Balaban J connectivity index is 2.09. The van der Waals surface area contributed by atoms with E-state index in [9.17, 15) is 9.90 Å². The Hall–Kier alpha value is -0.710. The van der Waals surface area contributed by atoms with Crippen LogP contribution in [0.25, 0.3) is 0 Å². The van der Waals surface area contributed by atoms with Crippen molar-refractivity contribution in [1.29, 1.82) is 0 Å². The Bertz CT molecular complexity index is 423. The fourth-order valence-electron chi connectivity index (χ4n) is 1.90. The van der Waals surface area contributed by atoms with Crippen LogP contribution in [0.2, 0.25) is 5.02 Å². The van der Waals surface area contributed by atoms with Gasteiger partial charge in [-0.1, -0.05) is 25.4 Å². The summed E-state index contributed by atoms with van der Waals surface area (Å²) < 4.78 is 0. The lowest BCUT2D eigenvalue weighted by Gasteiger charge is -2.13. The molecule has 5 heteroatoms. The van der Waals surface area contributed by atoms with Crippen LogP contribution in [0.4, 0.5) is 0 Å². The third kappa shape index (κ3) is 9.02. The number of rotatable bonds is 9. The van der Waals surface area contributed by atoms with Crippen molar-refractivity contribution in [2.75, 3.05) is 12.3 Å². The maximum Gasteiger partial charge on any atom is 0.220 e. The highest BCUT2D eigenvalue weighted by Crippen LogP contribution is 2.21. The molecule has 2 N–H and O–H groups in total. The Kier molecular flexibility index (Phi) is 8.81. The summed E-state index contributed by atoms with van der Waals surface area (Å²) >= 11 is 7.54. The number of halogens is 1. The summed E-state index contributed by atoms with van der Waals surface area (Å²) in [4.78, 5) is 12.8. The zero-order chi connectivity index (χ0) is 15.7. The molecule has 1 rings (SSSR count). The fourth-order valence-corrected chi connectivity index (χ4v) is 2.88. The van der Waals surface area contributed by atoms with E-state index < -0.39 is 6.10 Å². The predicted octanol–water partition coefficient (Wildman–Crippen LogP) is 3.74. The minimum atomic E-state index is -0.447. The van der Waals surface area contributed by atoms with E-state index in [1.54, 1.807) is 11.8 Å². The number of carbonyl (C=O) groups excluding carboxylic acids is 1. The average Bonchev–Trinajstić information content (AvgIpc) is 2.42. The first-order valence-corrected chi connectivity index (χ1v) is 8.67. The lowest BCUT2D eigenvalue weighted by molar-refractivity contribution is -0.121. The molecule has 0 bridgehead atoms. The van der Waals surface area contributed by atoms with Gasteiger partial charge in [-0.3, -0.25) is 4.79 Å². The number of benzene rings is 1. The number of carbonyl (C=O) groups is 1. The minimum Gasteiger partial charge on any atom is -0.391 e. The molecule has 21 heavy (non-hydrogen) atoms. The molecule has 3 nitrogen and oxygen atoms in total. The summed E-state index contributed by atoms with van der Waals surface area (Å²) in [6.45, 7) is 4.46. The highest BCUT2D eigenvalue weighted by molar-refractivity contribution is 7.99. The molecule has 0 aromatic heterocycles. The second-order valence-electron chi connectivity index (χ2n) is 5.49. The summed E-state index contributed by atoms with van der Waals surface area (Å²) in [6.07, 6.45) is 1.58. The lowest BCUT2D eigenvalue weighted by atomic mass is 10.1. The maximum absolute atomic E-state index is 11.6. The van der Waals surface area contributed by atoms with E-state index in [0.29, 0.717) is 25.3 Å². The van der Waals surface area contributed by atoms with Crippen LogP contribution in [0, 0.1) is 5.92 Å². The van der Waals surface area contributed by atoms with E-state index in [2.05, 4.69) is 19.2 Å². The maximum atomic E-state index is 11.6. The summed E-state index contributed by atoms with van der Waals surface area (Å²) in [5.41, 5.74) is 0. The van der Waals surface area contributed by atoms with Crippen molar-refractivity contribution < 1.29 is 9.90 Å². The minimum absolute atomic E-state index is 0.00881. The summed E-state index contributed by atoms with van der Waals surface area (Å²) in [7, 11) is 0. The average molecular weight is 330 g/mol. The van der Waals surface area contributed by atoms with Gasteiger partial charge in [0.25, 0.3) is 0 Å². The molecule has 1 unspecified atom stereocenters. The quantitative estimate of drug-likeness (QED) is 0.536. The van der Waals surface area contributed by atoms with Gasteiger partial charge < -0.3 is 10.4 Å². The van der Waals surface area contributed by atoms with E-state index in [-0.39, 0.29) is 5.91 Å². The molecule has 118 valence electrons. The number of amides is 1. The van der Waals surface area contributed by atoms with Crippen molar-refractivity contribution in [2.24, 2.45) is 5.92 Å². The summed E-state index contributed by atoms with van der Waals surface area (Å²) in [5, 5.41) is 13.2. The third-order valence-corrected chi connectivity index (χ3v) is 4.26. The van der Waals surface area contributed by atoms with Gasteiger partial charge >= 0.3 is 0 Å². The third-order valence-electron chi connectivity index (χ3n) is 2.91. The standard InChI is InChI=1S/C16H24ClNO2S/c1-12(2)10-14(19)11-18-16(20)4-3-9-21-15-7-5-13(17)6-8-15/h5-8,12,14,19H,3-4,9-11H2,1-2H3,(H,18,20). The van der Waals surface area contributed by atoms with Gasteiger partial charge in [0.2, 0.25) is 5.91 Å². The van der Waals surface area contributed by atoms with Crippen LogP contribution in [0.15, 0.2) is 29.2 Å². The van der Waals surface area contributed by atoms with E-state index in [0.717, 1.165) is 22.1 Å². The fraction of sp³-hybridized carbons (Fsp3) is 0.562. The van der Waals surface area contributed by atoms with Crippen LogP contribution in [-0.2, 0) is 4.79 Å². The first-order valence-electron chi connectivity index (χ1n) is 7.30. The van der Waals surface area contributed by atoms with Gasteiger partial charge in [0, 0.05) is 22.9 Å². The first-order chi connectivity index (χ1) is 9.97. The number of aliphatic hydroxyl groups excluding tert-OH is 1. The van der Waals surface area contributed by atoms with Crippen LogP contribution in [-0.4, -0.2) is 29.4 Å². The van der Waals surface area contributed by atoms with Crippen molar-refractivity contribution in [3.05, 3.63) is 29.3 Å². The number of hydrogen-bond acceptors (Lipinski definition) is 3. The van der Waals surface area contributed by atoms with Gasteiger partial charge in [0.1, 0.15) is 0 Å². The molecular weight excluding hydrogens is 306 g/mol. The number of nitrogens with one attached hydrogen (secondary N) is 1. The van der Waals surface area contributed by atoms with Crippen LogP contribution in [0.5, 0.6) is 0 Å². The monoisotopic (exact) mass is 329 g/mol. The van der Waals surface area contributed by atoms with Gasteiger partial charge in [-0.25, -0.2) is 0 Å². The second-order valence-corrected chi connectivity index (χ2v) is 7.10. The molecule has 0 fully saturated rings. The summed E-state index contributed by atoms with van der Waals surface area (Å²) in [6, 6.07) is 7.70. The Morgan fingerprint density at radius 2 is 2.00 bits per heavy atom. The van der Waals surface area contributed by atoms with Gasteiger partial charge in [-0.2, -0.15) is 0 Å². The van der Waals surface area contributed by atoms with E-state index in [1.807, 2.05) is 24.3 Å². The molecule has 1 aromatic rings. The molecule has 0 aliphatic rings. The van der Waals surface area contributed by atoms with Gasteiger partial charge in [0.05, 0.1) is 6.10 Å². The normalized spacial score (nSPS) is 12.4. The van der Waals surface area contributed by atoms with Gasteiger partial charge in [-0.15, -0.1) is 11.8 Å². The van der Waals surface area contributed by atoms with Crippen LogP contribution in [0.3, 0.4) is 0 Å². The van der Waals surface area contributed by atoms with Crippen molar-refractivity contribution in [3.63, 3.8) is 0 Å².